The Bertz CT molecular complexity index is 708. The summed E-state index contributed by atoms with van der Waals surface area (Å²) < 4.78 is 2.27. The molecule has 1 amide bonds. The number of hydrogen-bond donors (Lipinski definition) is 1. The third kappa shape index (κ3) is 3.52. The maximum atomic E-state index is 13.3. The number of carbonyl (C=O) groups is 1. The molecule has 1 aromatic rings. The molecule has 0 spiro atoms. The van der Waals surface area contributed by atoms with E-state index in [0.717, 1.165) is 31.0 Å². The summed E-state index contributed by atoms with van der Waals surface area (Å²) >= 11 is 0. The molecule has 4 nitrogen and oxygen atoms in total. The van der Waals surface area contributed by atoms with E-state index < -0.39 is 0 Å². The fourth-order valence-corrected chi connectivity index (χ4v) is 6.52. The number of rotatable bonds is 4. The fraction of sp³-hybridized carbons (Fsp3) is 0.833. The van der Waals surface area contributed by atoms with E-state index in [1.807, 2.05) is 0 Å². The highest BCUT2D eigenvalue weighted by Gasteiger charge is 2.39. The van der Waals surface area contributed by atoms with Gasteiger partial charge in [-0.05, 0) is 75.5 Å². The Morgan fingerprint density at radius 3 is 2.43 bits per heavy atom. The van der Waals surface area contributed by atoms with Crippen molar-refractivity contribution >= 4 is 5.91 Å². The monoisotopic (exact) mass is 383 g/mol. The van der Waals surface area contributed by atoms with E-state index >= 15 is 0 Å². The summed E-state index contributed by atoms with van der Waals surface area (Å²) in [6.45, 7) is 0.868. The van der Waals surface area contributed by atoms with Gasteiger partial charge >= 0.3 is 0 Å². The normalized spacial score (nSPS) is 30.6. The molecule has 2 bridgehead atoms. The summed E-state index contributed by atoms with van der Waals surface area (Å²) in [6.07, 6.45) is 20.5. The molecule has 1 aromatic heterocycles. The fourth-order valence-electron chi connectivity index (χ4n) is 6.52. The Labute approximate surface area is 169 Å². The Morgan fingerprint density at radius 2 is 1.71 bits per heavy atom. The van der Waals surface area contributed by atoms with Crippen LogP contribution in [0.25, 0.3) is 0 Å². The molecule has 0 aromatic carbocycles. The molecule has 0 unspecified atom stereocenters. The van der Waals surface area contributed by atoms with Gasteiger partial charge in [-0.15, -0.1) is 0 Å². The number of aromatic nitrogens is 2. The van der Waals surface area contributed by atoms with Crippen molar-refractivity contribution in [2.24, 2.45) is 11.3 Å². The Morgan fingerprint density at radius 1 is 0.964 bits per heavy atom. The van der Waals surface area contributed by atoms with Gasteiger partial charge in [0.2, 0.25) is 0 Å². The van der Waals surface area contributed by atoms with Gasteiger partial charge in [-0.25, -0.2) is 0 Å². The molecule has 154 valence electrons. The predicted octanol–water partition coefficient (Wildman–Crippen LogP) is 5.36. The Balaban J connectivity index is 1.35. The number of carbonyl (C=O) groups excluding carboxylic acids is 1. The lowest BCUT2D eigenvalue weighted by Gasteiger charge is -2.45. The van der Waals surface area contributed by atoms with Gasteiger partial charge in [0.25, 0.3) is 5.91 Å². The smallest absolute Gasteiger partial charge is 0.272 e. The third-order valence-corrected chi connectivity index (χ3v) is 8.33. The van der Waals surface area contributed by atoms with Crippen molar-refractivity contribution < 1.29 is 4.79 Å². The molecule has 4 aliphatic rings. The average molecular weight is 384 g/mol. The van der Waals surface area contributed by atoms with Crippen molar-refractivity contribution in [2.45, 2.75) is 109 Å². The van der Waals surface area contributed by atoms with E-state index in [2.05, 4.69) is 10.00 Å². The molecule has 3 saturated carbocycles. The summed E-state index contributed by atoms with van der Waals surface area (Å²) in [4.78, 5) is 13.3. The highest BCUT2D eigenvalue weighted by atomic mass is 16.2. The zero-order valence-electron chi connectivity index (χ0n) is 17.5. The van der Waals surface area contributed by atoms with Crippen LogP contribution in [0.3, 0.4) is 0 Å². The van der Waals surface area contributed by atoms with Crippen LogP contribution in [0.1, 0.15) is 118 Å². The van der Waals surface area contributed by atoms with Crippen molar-refractivity contribution in [1.29, 1.82) is 0 Å². The van der Waals surface area contributed by atoms with E-state index in [0.29, 0.717) is 11.5 Å². The summed E-state index contributed by atoms with van der Waals surface area (Å²) in [5.74, 6) is 1.02. The van der Waals surface area contributed by atoms with Crippen molar-refractivity contribution in [1.82, 2.24) is 15.1 Å². The number of nitrogens with zero attached hydrogens (tertiary/aromatic N) is 2. The highest BCUT2D eigenvalue weighted by molar-refractivity contribution is 5.94. The molecule has 0 radical (unpaired) electrons. The first-order valence-corrected chi connectivity index (χ1v) is 12.1. The molecule has 5 rings (SSSR count). The lowest BCUT2D eigenvalue weighted by atomic mass is 9.62. The van der Waals surface area contributed by atoms with Gasteiger partial charge in [0.05, 0.1) is 6.04 Å². The Kier molecular flexibility index (Phi) is 5.23. The molecule has 4 heteroatoms. The van der Waals surface area contributed by atoms with Crippen molar-refractivity contribution in [3.05, 3.63) is 17.0 Å². The van der Waals surface area contributed by atoms with Crippen LogP contribution in [0, 0.1) is 11.3 Å². The molecule has 28 heavy (non-hydrogen) atoms. The molecule has 0 aliphatic heterocycles. The summed E-state index contributed by atoms with van der Waals surface area (Å²) in [5, 5.41) is 8.32. The zero-order chi connectivity index (χ0) is 19.0. The van der Waals surface area contributed by atoms with Crippen LogP contribution in [0.4, 0.5) is 0 Å². The molecule has 1 N–H and O–H groups in total. The number of nitrogens with one attached hydrogen (secondary N) is 1. The molecule has 0 atom stereocenters. The van der Waals surface area contributed by atoms with Gasteiger partial charge in [0, 0.05) is 17.8 Å². The van der Waals surface area contributed by atoms with Crippen LogP contribution in [0.15, 0.2) is 0 Å². The second-order valence-electron chi connectivity index (χ2n) is 10.3. The highest BCUT2D eigenvalue weighted by Crippen LogP contribution is 2.48. The van der Waals surface area contributed by atoms with Gasteiger partial charge in [0.15, 0.2) is 5.69 Å². The predicted molar refractivity (Wildman–Crippen MR) is 112 cm³/mol. The van der Waals surface area contributed by atoms with Crippen LogP contribution in [-0.4, -0.2) is 22.2 Å². The van der Waals surface area contributed by atoms with Gasteiger partial charge in [-0.3, -0.25) is 9.48 Å². The SMILES string of the molecule is O=C(NCC12CCCC(CCC1)C2)c1nn(C2CCC2)c2c1CCCCCC2. The van der Waals surface area contributed by atoms with Crippen molar-refractivity contribution in [2.75, 3.05) is 6.54 Å². The minimum absolute atomic E-state index is 0.108. The van der Waals surface area contributed by atoms with E-state index in [1.54, 1.807) is 0 Å². The summed E-state index contributed by atoms with van der Waals surface area (Å²) in [5.41, 5.74) is 3.82. The van der Waals surface area contributed by atoms with Gasteiger partial charge in [-0.1, -0.05) is 38.5 Å². The average Bonchev–Trinajstić information content (AvgIpc) is 2.95. The van der Waals surface area contributed by atoms with Gasteiger partial charge in [0.1, 0.15) is 0 Å². The van der Waals surface area contributed by atoms with E-state index in [-0.39, 0.29) is 5.91 Å². The summed E-state index contributed by atoms with van der Waals surface area (Å²) in [7, 11) is 0. The zero-order valence-corrected chi connectivity index (χ0v) is 17.5. The lowest BCUT2D eigenvalue weighted by Crippen LogP contribution is -2.43. The number of fused-ring (bicyclic) bond motifs is 3. The van der Waals surface area contributed by atoms with Crippen LogP contribution in [0.5, 0.6) is 0 Å². The first-order chi connectivity index (χ1) is 13.7. The van der Waals surface area contributed by atoms with E-state index in [9.17, 15) is 4.79 Å². The van der Waals surface area contributed by atoms with Crippen LogP contribution >= 0.6 is 0 Å². The van der Waals surface area contributed by atoms with Crippen molar-refractivity contribution in [3.63, 3.8) is 0 Å². The second-order valence-corrected chi connectivity index (χ2v) is 10.3. The minimum Gasteiger partial charge on any atom is -0.350 e. The number of hydrogen-bond acceptors (Lipinski definition) is 2. The molecule has 4 aliphatic carbocycles. The van der Waals surface area contributed by atoms with Crippen LogP contribution < -0.4 is 5.32 Å². The maximum Gasteiger partial charge on any atom is 0.272 e. The van der Waals surface area contributed by atoms with Crippen LogP contribution in [-0.2, 0) is 12.8 Å². The molecular formula is C24H37N3O. The Hall–Kier alpha value is -1.32. The van der Waals surface area contributed by atoms with Gasteiger partial charge < -0.3 is 5.32 Å². The topological polar surface area (TPSA) is 46.9 Å². The largest absolute Gasteiger partial charge is 0.350 e. The summed E-state index contributed by atoms with van der Waals surface area (Å²) in [6, 6.07) is 0.547. The molecular weight excluding hydrogens is 346 g/mol. The standard InChI is InChI=1S/C24H37N3O/c28-23(25-17-24-14-6-8-18(16-24)9-7-15-24)22-20-12-3-1-2-4-13-21(20)27(26-22)19-10-5-11-19/h18-19H,1-17H2,(H,25,28). The van der Waals surface area contributed by atoms with E-state index in [4.69, 9.17) is 5.10 Å². The van der Waals surface area contributed by atoms with Gasteiger partial charge in [-0.2, -0.15) is 5.10 Å². The second kappa shape index (κ2) is 7.84. The van der Waals surface area contributed by atoms with Crippen molar-refractivity contribution in [3.8, 4) is 0 Å². The minimum atomic E-state index is 0.108. The molecule has 0 saturated heterocycles. The van der Waals surface area contributed by atoms with E-state index in [1.165, 1.54) is 101 Å². The first kappa shape index (κ1) is 18.7. The van der Waals surface area contributed by atoms with Crippen LogP contribution in [0.2, 0.25) is 0 Å². The third-order valence-electron chi connectivity index (χ3n) is 8.33. The lowest BCUT2D eigenvalue weighted by molar-refractivity contribution is 0.0678. The number of amides is 1. The quantitative estimate of drug-likeness (QED) is 0.761. The molecule has 1 heterocycles. The maximum absolute atomic E-state index is 13.3. The first-order valence-electron chi connectivity index (χ1n) is 12.1. The molecule has 3 fully saturated rings.